The Hall–Kier alpha value is -2.44. The van der Waals surface area contributed by atoms with Gasteiger partial charge in [-0.3, -0.25) is 0 Å². The lowest BCUT2D eigenvalue weighted by Gasteiger charge is -1.98. The highest BCUT2D eigenvalue weighted by atomic mass is 32.2. The summed E-state index contributed by atoms with van der Waals surface area (Å²) in [6.07, 6.45) is 0.0474. The number of nitrogens with one attached hydrogen (secondary N) is 1. The minimum absolute atomic E-state index is 0.0474. The number of nitrogens with two attached hydrogens (primary N) is 3. The SMILES string of the molecule is CNS(=O)(=O)N=C(N)Cc1ccc(-c2csc(N=C(N)N)n2)o1. The molecule has 12 heteroatoms. The Morgan fingerprint density at radius 1 is 1.39 bits per heavy atom. The minimum atomic E-state index is -3.77. The maximum absolute atomic E-state index is 11.3. The van der Waals surface area contributed by atoms with Gasteiger partial charge in [-0.2, -0.15) is 18.1 Å². The van der Waals surface area contributed by atoms with E-state index in [4.69, 9.17) is 21.6 Å². The van der Waals surface area contributed by atoms with Gasteiger partial charge < -0.3 is 21.6 Å². The molecule has 0 aromatic carbocycles. The van der Waals surface area contributed by atoms with Crippen LogP contribution in [0.4, 0.5) is 5.13 Å². The molecule has 0 radical (unpaired) electrons. The summed E-state index contributed by atoms with van der Waals surface area (Å²) in [5.74, 6) is 0.752. The second-order valence-corrected chi connectivity index (χ2v) is 6.63. The van der Waals surface area contributed by atoms with Crippen molar-refractivity contribution in [2.24, 2.45) is 26.6 Å². The molecule has 0 fully saturated rings. The molecule has 0 bridgehead atoms. The van der Waals surface area contributed by atoms with E-state index in [1.54, 1.807) is 17.5 Å². The number of aliphatic imine (C=N–C) groups is 1. The predicted molar refractivity (Wildman–Crippen MR) is 88.6 cm³/mol. The Bertz CT molecular complexity index is 847. The summed E-state index contributed by atoms with van der Waals surface area (Å²) < 4.78 is 33.5. The van der Waals surface area contributed by atoms with Crippen LogP contribution in [-0.2, 0) is 16.6 Å². The van der Waals surface area contributed by atoms with Gasteiger partial charge in [-0.1, -0.05) is 0 Å². The van der Waals surface area contributed by atoms with Crippen molar-refractivity contribution in [3.05, 3.63) is 23.3 Å². The summed E-state index contributed by atoms with van der Waals surface area (Å²) in [7, 11) is -2.53. The fourth-order valence-electron chi connectivity index (χ4n) is 1.56. The number of aromatic nitrogens is 1. The van der Waals surface area contributed by atoms with Crippen LogP contribution in [0, 0.1) is 0 Å². The van der Waals surface area contributed by atoms with E-state index in [0.717, 1.165) is 0 Å². The van der Waals surface area contributed by atoms with E-state index in [1.807, 2.05) is 4.72 Å². The van der Waals surface area contributed by atoms with Gasteiger partial charge in [0.05, 0.1) is 6.42 Å². The lowest BCUT2D eigenvalue weighted by Crippen LogP contribution is -2.22. The van der Waals surface area contributed by atoms with Gasteiger partial charge in [0.2, 0.25) is 5.13 Å². The Morgan fingerprint density at radius 3 is 2.78 bits per heavy atom. The smallest absolute Gasteiger partial charge is 0.321 e. The Labute approximate surface area is 136 Å². The first-order valence-electron chi connectivity index (χ1n) is 6.21. The van der Waals surface area contributed by atoms with Gasteiger partial charge in [0.1, 0.15) is 17.3 Å². The molecule has 0 atom stereocenters. The van der Waals surface area contributed by atoms with Gasteiger partial charge in [0, 0.05) is 12.4 Å². The van der Waals surface area contributed by atoms with E-state index < -0.39 is 10.2 Å². The lowest BCUT2D eigenvalue weighted by molar-refractivity contribution is 0.538. The highest BCUT2D eigenvalue weighted by Gasteiger charge is 2.11. The van der Waals surface area contributed by atoms with Gasteiger partial charge >= 0.3 is 10.2 Å². The Morgan fingerprint density at radius 2 is 2.13 bits per heavy atom. The molecule has 7 N–H and O–H groups in total. The number of hydrogen-bond acceptors (Lipinski definition) is 6. The molecule has 2 rings (SSSR count). The molecular formula is C11H15N7O3S2. The fraction of sp³-hybridized carbons (Fsp3) is 0.182. The zero-order valence-electron chi connectivity index (χ0n) is 12.1. The van der Waals surface area contributed by atoms with Crippen molar-refractivity contribution in [2.75, 3.05) is 7.05 Å². The van der Waals surface area contributed by atoms with Crippen LogP contribution in [-0.4, -0.2) is 32.2 Å². The average molecular weight is 357 g/mol. The highest BCUT2D eigenvalue weighted by molar-refractivity contribution is 7.88. The van der Waals surface area contributed by atoms with Crippen LogP contribution in [0.25, 0.3) is 11.5 Å². The zero-order chi connectivity index (χ0) is 17.0. The van der Waals surface area contributed by atoms with E-state index in [-0.39, 0.29) is 18.2 Å². The maximum atomic E-state index is 11.3. The number of furan rings is 1. The topological polar surface area (TPSA) is 175 Å². The molecule has 2 aromatic rings. The van der Waals surface area contributed by atoms with Crippen molar-refractivity contribution >= 4 is 38.5 Å². The van der Waals surface area contributed by atoms with E-state index >= 15 is 0 Å². The summed E-state index contributed by atoms with van der Waals surface area (Å²) in [6, 6.07) is 3.34. The monoisotopic (exact) mass is 357 g/mol. The van der Waals surface area contributed by atoms with Crippen LogP contribution in [0.5, 0.6) is 0 Å². The molecule has 0 aliphatic rings. The molecule has 2 aromatic heterocycles. The summed E-state index contributed by atoms with van der Waals surface area (Å²) >= 11 is 1.25. The number of nitrogens with zero attached hydrogens (tertiary/aromatic N) is 3. The molecule has 10 nitrogen and oxygen atoms in total. The van der Waals surface area contributed by atoms with E-state index in [9.17, 15) is 8.42 Å². The maximum Gasteiger partial charge on any atom is 0.321 e. The largest absolute Gasteiger partial charge is 0.459 e. The number of rotatable bonds is 6. The summed E-state index contributed by atoms with van der Waals surface area (Å²) in [5.41, 5.74) is 16.7. The molecule has 23 heavy (non-hydrogen) atoms. The Balaban J connectivity index is 2.15. The van der Waals surface area contributed by atoms with Crippen molar-refractivity contribution in [1.29, 1.82) is 0 Å². The number of thiazole rings is 1. The molecule has 0 aliphatic carbocycles. The molecular weight excluding hydrogens is 342 g/mol. The van der Waals surface area contributed by atoms with Gasteiger partial charge in [-0.15, -0.1) is 15.7 Å². The predicted octanol–water partition coefficient (Wildman–Crippen LogP) is -0.328. The second-order valence-electron chi connectivity index (χ2n) is 4.26. The molecule has 124 valence electrons. The average Bonchev–Trinajstić information content (AvgIpc) is 3.06. The van der Waals surface area contributed by atoms with Crippen molar-refractivity contribution in [2.45, 2.75) is 6.42 Å². The fourth-order valence-corrected chi connectivity index (χ4v) is 2.72. The van der Waals surface area contributed by atoms with Crippen LogP contribution < -0.4 is 21.9 Å². The third-order valence-electron chi connectivity index (χ3n) is 2.48. The van der Waals surface area contributed by atoms with Crippen molar-refractivity contribution in [3.63, 3.8) is 0 Å². The first kappa shape index (κ1) is 16.9. The van der Waals surface area contributed by atoms with E-state index in [2.05, 4.69) is 14.4 Å². The number of hydrogen-bond donors (Lipinski definition) is 4. The summed E-state index contributed by atoms with van der Waals surface area (Å²) in [4.78, 5) is 8.03. The quantitative estimate of drug-likeness (QED) is 0.404. The molecule has 2 heterocycles. The Kier molecular flexibility index (Phi) is 4.98. The van der Waals surface area contributed by atoms with E-state index in [0.29, 0.717) is 22.3 Å². The van der Waals surface area contributed by atoms with Gasteiger partial charge in [-0.05, 0) is 12.1 Å². The van der Waals surface area contributed by atoms with E-state index in [1.165, 1.54) is 18.4 Å². The van der Waals surface area contributed by atoms with Gasteiger partial charge in [0.15, 0.2) is 11.7 Å². The molecule has 0 saturated carbocycles. The van der Waals surface area contributed by atoms with Crippen LogP contribution in [0.2, 0.25) is 0 Å². The summed E-state index contributed by atoms with van der Waals surface area (Å²) in [5, 5.41) is 2.13. The molecule has 0 saturated heterocycles. The van der Waals surface area contributed by atoms with Crippen LogP contribution in [0.1, 0.15) is 5.76 Å². The standard InChI is InChI=1S/C11H15N7O3S2/c1-15-23(19,20)18-9(12)4-6-2-3-8(21-6)7-5-22-11(16-7)17-10(13)14/h2-3,5,15H,4H2,1H3,(H2,12,18)(H4,13,14,16,17). The third kappa shape index (κ3) is 4.77. The normalized spacial score (nSPS) is 12.3. The third-order valence-corrected chi connectivity index (χ3v) is 4.21. The van der Waals surface area contributed by atoms with Crippen molar-refractivity contribution in [3.8, 4) is 11.5 Å². The first-order chi connectivity index (χ1) is 10.8. The first-order valence-corrected chi connectivity index (χ1v) is 8.53. The highest BCUT2D eigenvalue weighted by Crippen LogP contribution is 2.28. The van der Waals surface area contributed by atoms with Crippen molar-refractivity contribution < 1.29 is 12.8 Å². The molecule has 0 aliphatic heterocycles. The lowest BCUT2D eigenvalue weighted by atomic mass is 10.3. The number of amidine groups is 1. The van der Waals surface area contributed by atoms with Gasteiger partial charge in [-0.25, -0.2) is 4.98 Å². The zero-order valence-corrected chi connectivity index (χ0v) is 13.7. The van der Waals surface area contributed by atoms with Crippen LogP contribution in [0.3, 0.4) is 0 Å². The second kappa shape index (κ2) is 6.76. The van der Waals surface area contributed by atoms with Gasteiger partial charge in [0.25, 0.3) is 0 Å². The van der Waals surface area contributed by atoms with Crippen LogP contribution >= 0.6 is 11.3 Å². The molecule has 0 spiro atoms. The summed E-state index contributed by atoms with van der Waals surface area (Å²) in [6.45, 7) is 0. The molecule has 0 unspecified atom stereocenters. The van der Waals surface area contributed by atoms with Crippen LogP contribution in [0.15, 0.2) is 31.3 Å². The van der Waals surface area contributed by atoms with Crippen molar-refractivity contribution in [1.82, 2.24) is 9.71 Å². The number of guanidine groups is 1. The minimum Gasteiger partial charge on any atom is -0.459 e. The molecule has 0 amide bonds.